The van der Waals surface area contributed by atoms with Gasteiger partial charge in [-0.3, -0.25) is 0 Å². The van der Waals surface area contributed by atoms with E-state index < -0.39 is 0 Å². The Kier molecular flexibility index (Phi) is 7.18. The van der Waals surface area contributed by atoms with Gasteiger partial charge in [-0.15, -0.1) is 0 Å². The third kappa shape index (κ3) is 5.04. The third-order valence-electron chi connectivity index (χ3n) is 10.3. The lowest BCUT2D eigenvalue weighted by atomic mass is 9.91. The zero-order valence-electron chi connectivity index (χ0n) is 28.4. The average molecular weight is 664 g/mol. The van der Waals surface area contributed by atoms with Gasteiger partial charge in [0.1, 0.15) is 11.2 Å². The minimum atomic E-state index is 0.892. The average Bonchev–Trinajstić information content (AvgIpc) is 3.59. The molecule has 0 atom stereocenters. The summed E-state index contributed by atoms with van der Waals surface area (Å²) >= 11 is 0. The van der Waals surface area contributed by atoms with Crippen LogP contribution in [0.15, 0.2) is 205 Å². The molecule has 1 heterocycles. The van der Waals surface area contributed by atoms with E-state index in [0.717, 1.165) is 50.0 Å². The summed E-state index contributed by atoms with van der Waals surface area (Å²) in [7, 11) is 0. The maximum atomic E-state index is 6.52. The highest BCUT2D eigenvalue weighted by Crippen LogP contribution is 2.48. The van der Waals surface area contributed by atoms with Gasteiger partial charge in [-0.25, -0.2) is 0 Å². The highest BCUT2D eigenvalue weighted by Gasteiger charge is 2.22. The predicted molar refractivity (Wildman–Crippen MR) is 220 cm³/mol. The zero-order chi connectivity index (χ0) is 34.4. The summed E-state index contributed by atoms with van der Waals surface area (Å²) in [6.07, 6.45) is 0. The Morgan fingerprint density at radius 1 is 0.346 bits per heavy atom. The molecule has 2 heteroatoms. The number of fused-ring (bicyclic) bond motifs is 5. The molecule has 0 unspecified atom stereocenters. The van der Waals surface area contributed by atoms with E-state index in [1.807, 2.05) is 6.07 Å². The highest BCUT2D eigenvalue weighted by molar-refractivity contribution is 6.22. The van der Waals surface area contributed by atoms with Crippen LogP contribution in [0.4, 0.5) is 17.1 Å². The topological polar surface area (TPSA) is 16.4 Å². The van der Waals surface area contributed by atoms with Gasteiger partial charge in [-0.05, 0) is 86.3 Å². The van der Waals surface area contributed by atoms with Crippen molar-refractivity contribution in [3.05, 3.63) is 200 Å². The number of hydrogen-bond acceptors (Lipinski definition) is 2. The molecule has 0 aliphatic carbocycles. The van der Waals surface area contributed by atoms with Gasteiger partial charge in [0.2, 0.25) is 0 Å². The molecule has 0 fully saturated rings. The molecule has 0 radical (unpaired) electrons. The first-order valence-corrected chi connectivity index (χ1v) is 17.8. The second kappa shape index (κ2) is 12.5. The summed E-state index contributed by atoms with van der Waals surface area (Å²) in [5.41, 5.74) is 12.2. The van der Waals surface area contributed by atoms with Gasteiger partial charge in [0.25, 0.3) is 0 Å². The zero-order valence-corrected chi connectivity index (χ0v) is 28.4. The monoisotopic (exact) mass is 663 g/mol. The molecule has 52 heavy (non-hydrogen) atoms. The summed E-state index contributed by atoms with van der Waals surface area (Å²) < 4.78 is 6.52. The molecular weight excluding hydrogens is 631 g/mol. The summed E-state index contributed by atoms with van der Waals surface area (Å²) in [6, 6.07) is 71.7. The molecule has 0 aliphatic rings. The molecule has 9 aromatic carbocycles. The molecule has 1 aromatic heterocycles. The van der Waals surface area contributed by atoms with Gasteiger partial charge in [-0.1, -0.05) is 158 Å². The van der Waals surface area contributed by atoms with Crippen molar-refractivity contribution < 1.29 is 4.42 Å². The van der Waals surface area contributed by atoms with E-state index in [2.05, 4.69) is 199 Å². The first kappa shape index (κ1) is 30.0. The Balaban J connectivity index is 1.20. The first-order chi connectivity index (χ1) is 25.8. The van der Waals surface area contributed by atoms with E-state index in [-0.39, 0.29) is 0 Å². The first-order valence-electron chi connectivity index (χ1n) is 17.8. The molecule has 0 saturated carbocycles. The van der Waals surface area contributed by atoms with Crippen LogP contribution in [0.1, 0.15) is 0 Å². The van der Waals surface area contributed by atoms with Gasteiger partial charge in [-0.2, -0.15) is 0 Å². The van der Waals surface area contributed by atoms with Gasteiger partial charge < -0.3 is 9.32 Å². The minimum Gasteiger partial charge on any atom is -0.456 e. The largest absolute Gasteiger partial charge is 0.456 e. The maximum Gasteiger partial charge on any atom is 0.136 e. The van der Waals surface area contributed by atoms with Crippen LogP contribution in [0.5, 0.6) is 0 Å². The fourth-order valence-electron chi connectivity index (χ4n) is 7.84. The Hall–Kier alpha value is -6.90. The van der Waals surface area contributed by atoms with Gasteiger partial charge in [0, 0.05) is 33.3 Å². The lowest BCUT2D eigenvalue weighted by Gasteiger charge is -2.29. The van der Waals surface area contributed by atoms with E-state index in [1.165, 1.54) is 44.0 Å². The van der Waals surface area contributed by atoms with Crippen LogP contribution in [0.25, 0.3) is 76.9 Å². The molecular formula is C50H33NO. The number of para-hydroxylation sites is 2. The van der Waals surface area contributed by atoms with Crippen LogP contribution in [-0.4, -0.2) is 0 Å². The second-order valence-electron chi connectivity index (χ2n) is 13.3. The number of nitrogens with zero attached hydrogens (tertiary/aromatic N) is 1. The van der Waals surface area contributed by atoms with Crippen molar-refractivity contribution in [3.8, 4) is 33.4 Å². The van der Waals surface area contributed by atoms with E-state index >= 15 is 0 Å². The Morgan fingerprint density at radius 3 is 1.69 bits per heavy atom. The van der Waals surface area contributed by atoms with E-state index in [4.69, 9.17) is 4.42 Å². The molecule has 2 nitrogen and oxygen atoms in total. The van der Waals surface area contributed by atoms with Crippen molar-refractivity contribution in [2.45, 2.75) is 0 Å². The summed E-state index contributed by atoms with van der Waals surface area (Å²) in [5.74, 6) is 0. The quantitative estimate of drug-likeness (QED) is 0.176. The second-order valence-corrected chi connectivity index (χ2v) is 13.3. The minimum absolute atomic E-state index is 0.892. The van der Waals surface area contributed by atoms with Gasteiger partial charge >= 0.3 is 0 Å². The Labute approximate surface area is 302 Å². The van der Waals surface area contributed by atoms with Crippen LogP contribution < -0.4 is 4.90 Å². The standard InChI is InChI=1S/C50H33NO/c1-2-13-34(14-3-1)35-25-29-39(30-26-35)51(40-31-27-37(28-32-40)42-22-12-17-36-15-4-6-18-41(36)42)46-23-10-8-20-44(46)49-43-19-7-5-16-38(43)33-48-50(49)45-21-9-11-24-47(45)52-48/h1-33H. The van der Waals surface area contributed by atoms with Crippen LogP contribution >= 0.6 is 0 Å². The van der Waals surface area contributed by atoms with Gasteiger partial charge in [0.05, 0.1) is 5.69 Å². The Morgan fingerprint density at radius 2 is 0.904 bits per heavy atom. The fraction of sp³-hybridized carbons (Fsp3) is 0. The summed E-state index contributed by atoms with van der Waals surface area (Å²) in [5, 5.41) is 7.09. The normalized spacial score (nSPS) is 11.5. The number of furan rings is 1. The highest BCUT2D eigenvalue weighted by atomic mass is 16.3. The summed E-state index contributed by atoms with van der Waals surface area (Å²) in [6.45, 7) is 0. The third-order valence-corrected chi connectivity index (χ3v) is 10.3. The van der Waals surface area contributed by atoms with E-state index in [0.29, 0.717) is 0 Å². The lowest BCUT2D eigenvalue weighted by molar-refractivity contribution is 0.669. The molecule has 0 bridgehead atoms. The Bertz CT molecular complexity index is 2880. The number of hydrogen-bond donors (Lipinski definition) is 0. The van der Waals surface area contributed by atoms with Crippen molar-refractivity contribution in [1.82, 2.24) is 0 Å². The van der Waals surface area contributed by atoms with Crippen molar-refractivity contribution in [2.24, 2.45) is 0 Å². The SMILES string of the molecule is c1ccc(-c2ccc(N(c3ccc(-c4cccc5ccccc45)cc3)c3ccccc3-c3c4ccccc4cc4oc5ccccc5c34)cc2)cc1. The van der Waals surface area contributed by atoms with Crippen molar-refractivity contribution >= 4 is 60.5 Å². The maximum absolute atomic E-state index is 6.52. The van der Waals surface area contributed by atoms with Crippen LogP contribution in [-0.2, 0) is 0 Å². The molecule has 0 N–H and O–H groups in total. The van der Waals surface area contributed by atoms with Crippen molar-refractivity contribution in [2.75, 3.05) is 4.90 Å². The van der Waals surface area contributed by atoms with E-state index in [1.54, 1.807) is 0 Å². The summed E-state index contributed by atoms with van der Waals surface area (Å²) in [4.78, 5) is 2.40. The fourth-order valence-corrected chi connectivity index (χ4v) is 7.84. The smallest absolute Gasteiger partial charge is 0.136 e. The van der Waals surface area contributed by atoms with Crippen LogP contribution in [0.3, 0.4) is 0 Å². The molecule has 0 spiro atoms. The number of anilines is 3. The molecule has 0 amide bonds. The predicted octanol–water partition coefficient (Wildman–Crippen LogP) is 14.4. The van der Waals surface area contributed by atoms with Crippen LogP contribution in [0, 0.1) is 0 Å². The molecule has 0 aliphatic heterocycles. The van der Waals surface area contributed by atoms with Gasteiger partial charge in [0.15, 0.2) is 0 Å². The van der Waals surface area contributed by atoms with E-state index in [9.17, 15) is 0 Å². The molecule has 244 valence electrons. The van der Waals surface area contributed by atoms with Crippen molar-refractivity contribution in [1.29, 1.82) is 0 Å². The van der Waals surface area contributed by atoms with Crippen LogP contribution in [0.2, 0.25) is 0 Å². The number of benzene rings is 9. The molecule has 10 rings (SSSR count). The lowest BCUT2D eigenvalue weighted by Crippen LogP contribution is -2.11. The molecule has 0 saturated heterocycles. The van der Waals surface area contributed by atoms with Crippen molar-refractivity contribution in [3.63, 3.8) is 0 Å². The molecule has 10 aromatic rings. The number of rotatable bonds is 6.